The van der Waals surface area contributed by atoms with Gasteiger partial charge in [0.2, 0.25) is 23.7 Å². The fourth-order valence-electron chi connectivity index (χ4n) is 3.39. The zero-order chi connectivity index (χ0) is 20.2. The number of imidazole rings is 1. The van der Waals surface area contributed by atoms with Gasteiger partial charge < -0.3 is 15.2 Å². The van der Waals surface area contributed by atoms with Crippen molar-refractivity contribution >= 4 is 40.4 Å². The van der Waals surface area contributed by atoms with Crippen molar-refractivity contribution in [3.05, 3.63) is 54.6 Å². The number of H-pyrrole nitrogens is 1. The van der Waals surface area contributed by atoms with Crippen molar-refractivity contribution in [3.63, 3.8) is 0 Å². The first-order valence-electron chi connectivity index (χ1n) is 9.48. The predicted octanol–water partition coefficient (Wildman–Crippen LogP) is 2.06. The third-order valence-corrected chi connectivity index (χ3v) is 4.86. The minimum absolute atomic E-state index is 0.0704. The van der Waals surface area contributed by atoms with E-state index in [0.717, 1.165) is 16.7 Å². The van der Waals surface area contributed by atoms with E-state index in [2.05, 4.69) is 20.6 Å². The summed E-state index contributed by atoms with van der Waals surface area (Å²) in [6, 6.07) is 16.8. The second kappa shape index (κ2) is 8.14. The van der Waals surface area contributed by atoms with Crippen molar-refractivity contribution in [2.75, 3.05) is 23.3 Å². The van der Waals surface area contributed by atoms with Gasteiger partial charge in [-0.05, 0) is 24.3 Å². The molecule has 29 heavy (non-hydrogen) atoms. The summed E-state index contributed by atoms with van der Waals surface area (Å²) < 4.78 is 0. The number of hydrogen-bond donors (Lipinski definition) is 3. The number of aromatic amines is 1. The van der Waals surface area contributed by atoms with E-state index in [1.54, 1.807) is 4.90 Å². The Morgan fingerprint density at radius 3 is 2.66 bits per heavy atom. The number of benzene rings is 2. The lowest BCUT2D eigenvalue weighted by Crippen LogP contribution is -2.34. The Balaban J connectivity index is 1.24. The van der Waals surface area contributed by atoms with Gasteiger partial charge in [-0.3, -0.25) is 19.7 Å². The van der Waals surface area contributed by atoms with Gasteiger partial charge in [0.05, 0.1) is 17.0 Å². The quantitative estimate of drug-likeness (QED) is 0.598. The molecule has 0 saturated carbocycles. The molecule has 0 aliphatic carbocycles. The van der Waals surface area contributed by atoms with Crippen LogP contribution in [0.3, 0.4) is 0 Å². The van der Waals surface area contributed by atoms with Gasteiger partial charge in [0.25, 0.3) is 0 Å². The van der Waals surface area contributed by atoms with Crippen LogP contribution in [0.15, 0.2) is 54.6 Å². The van der Waals surface area contributed by atoms with Crippen LogP contribution in [0.4, 0.5) is 11.6 Å². The molecule has 2 aromatic carbocycles. The SMILES string of the molecule is O=C(CCNC(=O)[C@@H]1CC(=O)N(c2ccccc2)C1)Nc1nc2ccccc2[nH]1. The van der Waals surface area contributed by atoms with Gasteiger partial charge in [0, 0.05) is 31.6 Å². The van der Waals surface area contributed by atoms with Gasteiger partial charge in [0.15, 0.2) is 0 Å². The number of carbonyl (C=O) groups is 3. The molecular weight excluding hydrogens is 370 g/mol. The number of aromatic nitrogens is 2. The summed E-state index contributed by atoms with van der Waals surface area (Å²) in [6.07, 6.45) is 0.289. The van der Waals surface area contributed by atoms with E-state index in [1.807, 2.05) is 54.6 Å². The van der Waals surface area contributed by atoms with Crippen LogP contribution in [0, 0.1) is 5.92 Å². The summed E-state index contributed by atoms with van der Waals surface area (Å²) in [6.45, 7) is 0.542. The van der Waals surface area contributed by atoms with Gasteiger partial charge >= 0.3 is 0 Å². The fourth-order valence-corrected chi connectivity index (χ4v) is 3.39. The summed E-state index contributed by atoms with van der Waals surface area (Å²) in [5.41, 5.74) is 2.40. The number of carbonyl (C=O) groups excluding carboxylic acids is 3. The van der Waals surface area contributed by atoms with Crippen molar-refractivity contribution in [1.29, 1.82) is 0 Å². The zero-order valence-corrected chi connectivity index (χ0v) is 15.7. The molecule has 148 valence electrons. The molecule has 4 rings (SSSR count). The van der Waals surface area contributed by atoms with Crippen molar-refractivity contribution in [1.82, 2.24) is 15.3 Å². The van der Waals surface area contributed by atoms with Gasteiger partial charge in [-0.1, -0.05) is 30.3 Å². The number of para-hydroxylation sites is 3. The Morgan fingerprint density at radius 2 is 1.86 bits per heavy atom. The topological polar surface area (TPSA) is 107 Å². The first kappa shape index (κ1) is 18.7. The number of hydrogen-bond acceptors (Lipinski definition) is 4. The highest BCUT2D eigenvalue weighted by Gasteiger charge is 2.34. The standard InChI is InChI=1S/C21H21N5O3/c27-18(25-21-23-16-8-4-5-9-17(16)24-21)10-11-22-20(29)14-12-19(28)26(13-14)15-6-2-1-3-7-15/h1-9,14H,10-13H2,(H,22,29)(H2,23,24,25,27)/t14-/m1/s1. The van der Waals surface area contributed by atoms with Crippen LogP contribution < -0.4 is 15.5 Å². The second-order valence-corrected chi connectivity index (χ2v) is 6.93. The molecule has 0 unspecified atom stereocenters. The first-order valence-corrected chi connectivity index (χ1v) is 9.48. The highest BCUT2D eigenvalue weighted by atomic mass is 16.2. The van der Waals surface area contributed by atoms with E-state index in [4.69, 9.17) is 0 Å². The van der Waals surface area contributed by atoms with E-state index >= 15 is 0 Å². The monoisotopic (exact) mass is 391 g/mol. The van der Waals surface area contributed by atoms with E-state index in [1.165, 1.54) is 0 Å². The molecule has 2 heterocycles. The van der Waals surface area contributed by atoms with E-state index in [-0.39, 0.29) is 37.1 Å². The maximum atomic E-state index is 12.4. The molecule has 0 spiro atoms. The molecule has 1 aliphatic rings. The van der Waals surface area contributed by atoms with E-state index < -0.39 is 5.92 Å². The third-order valence-electron chi connectivity index (χ3n) is 4.86. The normalized spacial score (nSPS) is 16.2. The largest absolute Gasteiger partial charge is 0.355 e. The fraction of sp³-hybridized carbons (Fsp3) is 0.238. The molecule has 1 fully saturated rings. The molecule has 1 aromatic heterocycles. The molecule has 1 aliphatic heterocycles. The number of nitrogens with zero attached hydrogens (tertiary/aromatic N) is 2. The summed E-state index contributed by atoms with van der Waals surface area (Å²) in [4.78, 5) is 45.6. The smallest absolute Gasteiger partial charge is 0.228 e. The van der Waals surface area contributed by atoms with E-state index in [9.17, 15) is 14.4 Å². The number of amides is 3. The average Bonchev–Trinajstić information content (AvgIpc) is 3.31. The van der Waals surface area contributed by atoms with Crippen LogP contribution in [0.25, 0.3) is 11.0 Å². The molecular formula is C21H21N5O3. The van der Waals surface area contributed by atoms with Crippen LogP contribution in [0.5, 0.6) is 0 Å². The van der Waals surface area contributed by atoms with E-state index in [0.29, 0.717) is 12.5 Å². The predicted molar refractivity (Wildman–Crippen MR) is 109 cm³/mol. The highest BCUT2D eigenvalue weighted by Crippen LogP contribution is 2.24. The molecule has 1 atom stereocenters. The average molecular weight is 391 g/mol. The van der Waals surface area contributed by atoms with Crippen LogP contribution in [0.2, 0.25) is 0 Å². The lowest BCUT2D eigenvalue weighted by Gasteiger charge is -2.16. The van der Waals surface area contributed by atoms with Gasteiger partial charge in [-0.2, -0.15) is 0 Å². The molecule has 8 heteroatoms. The summed E-state index contributed by atoms with van der Waals surface area (Å²) in [5, 5.41) is 5.44. The highest BCUT2D eigenvalue weighted by molar-refractivity contribution is 6.00. The van der Waals surface area contributed by atoms with Crippen LogP contribution in [-0.2, 0) is 14.4 Å². The maximum absolute atomic E-state index is 12.4. The Hall–Kier alpha value is -3.68. The maximum Gasteiger partial charge on any atom is 0.228 e. The van der Waals surface area contributed by atoms with Crippen molar-refractivity contribution < 1.29 is 14.4 Å². The summed E-state index contributed by atoms with van der Waals surface area (Å²) >= 11 is 0. The number of fused-ring (bicyclic) bond motifs is 1. The number of nitrogens with one attached hydrogen (secondary N) is 3. The molecule has 1 saturated heterocycles. The van der Waals surface area contributed by atoms with Crippen molar-refractivity contribution in [3.8, 4) is 0 Å². The van der Waals surface area contributed by atoms with Crippen molar-refractivity contribution in [2.45, 2.75) is 12.8 Å². The van der Waals surface area contributed by atoms with Crippen molar-refractivity contribution in [2.24, 2.45) is 5.92 Å². The van der Waals surface area contributed by atoms with Gasteiger partial charge in [-0.15, -0.1) is 0 Å². The Kier molecular flexibility index (Phi) is 5.24. The Bertz CT molecular complexity index is 1010. The summed E-state index contributed by atoms with van der Waals surface area (Å²) in [5.74, 6) is -0.575. The minimum Gasteiger partial charge on any atom is -0.355 e. The van der Waals surface area contributed by atoms with Crippen LogP contribution in [-0.4, -0.2) is 40.8 Å². The zero-order valence-electron chi connectivity index (χ0n) is 15.7. The van der Waals surface area contributed by atoms with Gasteiger partial charge in [-0.25, -0.2) is 4.98 Å². The van der Waals surface area contributed by atoms with Gasteiger partial charge in [0.1, 0.15) is 0 Å². The molecule has 3 amide bonds. The Labute approximate surface area is 167 Å². The number of anilines is 2. The summed E-state index contributed by atoms with van der Waals surface area (Å²) in [7, 11) is 0. The molecule has 3 aromatic rings. The van der Waals surface area contributed by atoms with Crippen LogP contribution in [0.1, 0.15) is 12.8 Å². The lowest BCUT2D eigenvalue weighted by molar-refractivity contribution is -0.126. The molecule has 0 bridgehead atoms. The molecule has 3 N–H and O–H groups in total. The van der Waals surface area contributed by atoms with Crippen LogP contribution >= 0.6 is 0 Å². The molecule has 0 radical (unpaired) electrons. The minimum atomic E-state index is -0.416. The third kappa shape index (κ3) is 4.26. The molecule has 8 nitrogen and oxygen atoms in total. The second-order valence-electron chi connectivity index (χ2n) is 6.93. The first-order chi connectivity index (χ1) is 14.1. The number of rotatable bonds is 6. The Morgan fingerprint density at radius 1 is 1.10 bits per heavy atom. The lowest BCUT2D eigenvalue weighted by atomic mass is 10.1.